The Balaban J connectivity index is 1.48. The molecular formula is C16H20N2O2. The highest BCUT2D eigenvalue weighted by atomic mass is 16.4. The van der Waals surface area contributed by atoms with Crippen molar-refractivity contribution in [1.29, 1.82) is 0 Å². The number of carbonyl (C=O) groups is 1. The van der Waals surface area contributed by atoms with Gasteiger partial charge in [0.05, 0.1) is 0 Å². The maximum atomic E-state index is 11.1. The van der Waals surface area contributed by atoms with Gasteiger partial charge in [-0.25, -0.2) is 4.79 Å². The summed E-state index contributed by atoms with van der Waals surface area (Å²) in [7, 11) is 0. The van der Waals surface area contributed by atoms with Gasteiger partial charge in [0.25, 0.3) is 0 Å². The fourth-order valence-corrected chi connectivity index (χ4v) is 4.34. The highest BCUT2D eigenvalue weighted by molar-refractivity contribution is 5.66. The van der Waals surface area contributed by atoms with Crippen molar-refractivity contribution in [2.24, 2.45) is 0 Å². The summed E-state index contributed by atoms with van der Waals surface area (Å²) >= 11 is 0. The summed E-state index contributed by atoms with van der Waals surface area (Å²) in [5.41, 5.74) is 2.99. The molecule has 4 rings (SSSR count). The molecule has 1 aromatic carbocycles. The van der Waals surface area contributed by atoms with E-state index in [1.165, 1.54) is 17.5 Å². The molecule has 4 heteroatoms. The molecule has 2 bridgehead atoms. The number of fused-ring (bicyclic) bond motifs is 3. The Hall–Kier alpha value is -1.55. The number of hydrogen-bond acceptors (Lipinski definition) is 2. The standard InChI is InChI=1S/C16H20N2O2/c19-16(20)18-10-14-8-15(18)9-17(14)13-6-5-11-3-1-2-4-12(11)7-13/h1-4,13-15H,5-10H2,(H,19,20). The van der Waals surface area contributed by atoms with Gasteiger partial charge in [-0.1, -0.05) is 24.3 Å². The molecule has 106 valence electrons. The molecule has 1 amide bonds. The zero-order valence-electron chi connectivity index (χ0n) is 11.5. The van der Waals surface area contributed by atoms with E-state index in [2.05, 4.69) is 29.2 Å². The van der Waals surface area contributed by atoms with Crippen molar-refractivity contribution in [1.82, 2.24) is 9.80 Å². The lowest BCUT2D eigenvalue weighted by molar-refractivity contribution is 0.0778. The monoisotopic (exact) mass is 272 g/mol. The van der Waals surface area contributed by atoms with Gasteiger partial charge in [-0.2, -0.15) is 0 Å². The number of amides is 1. The van der Waals surface area contributed by atoms with Crippen LogP contribution in [-0.2, 0) is 12.8 Å². The van der Waals surface area contributed by atoms with Crippen LogP contribution < -0.4 is 0 Å². The van der Waals surface area contributed by atoms with Gasteiger partial charge < -0.3 is 10.0 Å². The minimum atomic E-state index is -0.744. The molecule has 0 spiro atoms. The summed E-state index contributed by atoms with van der Waals surface area (Å²) in [5.74, 6) is 0. The zero-order chi connectivity index (χ0) is 13.7. The third-order valence-corrected chi connectivity index (χ3v) is 5.32. The highest BCUT2D eigenvalue weighted by Crippen LogP contribution is 2.35. The Labute approximate surface area is 119 Å². The average molecular weight is 272 g/mol. The number of aryl methyl sites for hydroxylation is 1. The fraction of sp³-hybridized carbons (Fsp3) is 0.562. The first-order valence-corrected chi connectivity index (χ1v) is 7.54. The summed E-state index contributed by atoms with van der Waals surface area (Å²) in [6.07, 6.45) is 3.80. The van der Waals surface area contributed by atoms with Crippen molar-refractivity contribution in [3.05, 3.63) is 35.4 Å². The van der Waals surface area contributed by atoms with E-state index >= 15 is 0 Å². The summed E-state index contributed by atoms with van der Waals surface area (Å²) in [5, 5.41) is 9.17. The molecule has 3 unspecified atom stereocenters. The minimum Gasteiger partial charge on any atom is -0.465 e. The van der Waals surface area contributed by atoms with Gasteiger partial charge in [0.15, 0.2) is 0 Å². The predicted molar refractivity (Wildman–Crippen MR) is 75.9 cm³/mol. The Morgan fingerprint density at radius 1 is 1.10 bits per heavy atom. The summed E-state index contributed by atoms with van der Waals surface area (Å²) in [6.45, 7) is 1.64. The van der Waals surface area contributed by atoms with Crippen molar-refractivity contribution in [2.45, 2.75) is 43.8 Å². The third-order valence-electron chi connectivity index (χ3n) is 5.32. The van der Waals surface area contributed by atoms with Gasteiger partial charge in [0.1, 0.15) is 0 Å². The number of benzene rings is 1. The van der Waals surface area contributed by atoms with Crippen LogP contribution in [0.25, 0.3) is 0 Å². The second-order valence-corrected chi connectivity index (χ2v) is 6.34. The van der Waals surface area contributed by atoms with Crippen LogP contribution in [0.3, 0.4) is 0 Å². The molecule has 3 atom stereocenters. The van der Waals surface area contributed by atoms with E-state index in [9.17, 15) is 4.79 Å². The number of rotatable bonds is 1. The lowest BCUT2D eigenvalue weighted by Gasteiger charge is -2.40. The van der Waals surface area contributed by atoms with E-state index in [0.717, 1.165) is 25.8 Å². The molecule has 4 nitrogen and oxygen atoms in total. The van der Waals surface area contributed by atoms with Crippen LogP contribution in [0.4, 0.5) is 4.79 Å². The zero-order valence-corrected chi connectivity index (χ0v) is 11.5. The van der Waals surface area contributed by atoms with E-state index in [4.69, 9.17) is 5.11 Å². The van der Waals surface area contributed by atoms with Crippen LogP contribution >= 0.6 is 0 Å². The van der Waals surface area contributed by atoms with Crippen molar-refractivity contribution in [2.75, 3.05) is 13.1 Å². The molecule has 1 aromatic rings. The highest BCUT2D eigenvalue weighted by Gasteiger charge is 2.47. The number of hydrogen-bond donors (Lipinski definition) is 1. The lowest BCUT2D eigenvalue weighted by Crippen LogP contribution is -2.52. The van der Waals surface area contributed by atoms with Crippen LogP contribution in [0.1, 0.15) is 24.0 Å². The SMILES string of the molecule is O=C(O)N1CC2CC1CN2C1CCc2ccccc2C1. The van der Waals surface area contributed by atoms with Crippen molar-refractivity contribution < 1.29 is 9.90 Å². The molecule has 1 aliphatic carbocycles. The summed E-state index contributed by atoms with van der Waals surface area (Å²) in [4.78, 5) is 15.4. The van der Waals surface area contributed by atoms with E-state index in [1.54, 1.807) is 4.90 Å². The van der Waals surface area contributed by atoms with Gasteiger partial charge in [-0.15, -0.1) is 0 Å². The minimum absolute atomic E-state index is 0.231. The van der Waals surface area contributed by atoms with E-state index in [0.29, 0.717) is 18.6 Å². The van der Waals surface area contributed by atoms with Crippen LogP contribution in [0, 0.1) is 0 Å². The van der Waals surface area contributed by atoms with Gasteiger partial charge in [0.2, 0.25) is 0 Å². The molecular weight excluding hydrogens is 252 g/mol. The largest absolute Gasteiger partial charge is 0.465 e. The molecule has 0 radical (unpaired) electrons. The molecule has 2 heterocycles. The van der Waals surface area contributed by atoms with Crippen LogP contribution in [0.15, 0.2) is 24.3 Å². The van der Waals surface area contributed by atoms with E-state index in [1.807, 2.05) is 0 Å². The molecule has 2 fully saturated rings. The van der Waals surface area contributed by atoms with Crippen molar-refractivity contribution in [3.63, 3.8) is 0 Å². The molecule has 20 heavy (non-hydrogen) atoms. The topological polar surface area (TPSA) is 43.8 Å². The number of carboxylic acid groups (broad SMARTS) is 1. The third kappa shape index (κ3) is 1.82. The lowest BCUT2D eigenvalue weighted by atomic mass is 9.87. The number of nitrogens with zero attached hydrogens (tertiary/aromatic N) is 2. The maximum absolute atomic E-state index is 11.1. The molecule has 0 saturated carbocycles. The van der Waals surface area contributed by atoms with Gasteiger partial charge in [-0.3, -0.25) is 4.90 Å². The Kier molecular flexibility index (Phi) is 2.74. The molecule has 0 aromatic heterocycles. The van der Waals surface area contributed by atoms with Gasteiger partial charge in [-0.05, 0) is 36.8 Å². The first-order chi connectivity index (χ1) is 9.72. The number of likely N-dealkylation sites (tertiary alicyclic amines) is 2. The quantitative estimate of drug-likeness (QED) is 0.850. The van der Waals surface area contributed by atoms with Crippen molar-refractivity contribution in [3.8, 4) is 0 Å². The van der Waals surface area contributed by atoms with Crippen molar-refractivity contribution >= 4 is 6.09 Å². The molecule has 1 N–H and O–H groups in total. The summed E-state index contributed by atoms with van der Waals surface area (Å²) in [6, 6.07) is 10.0. The van der Waals surface area contributed by atoms with Crippen LogP contribution in [0.2, 0.25) is 0 Å². The Bertz CT molecular complexity index is 545. The average Bonchev–Trinajstić information content (AvgIpc) is 3.07. The predicted octanol–water partition coefficient (Wildman–Crippen LogP) is 1.98. The normalized spacial score (nSPS) is 32.4. The first-order valence-electron chi connectivity index (χ1n) is 7.54. The Morgan fingerprint density at radius 2 is 1.90 bits per heavy atom. The maximum Gasteiger partial charge on any atom is 0.407 e. The molecule has 2 aliphatic heterocycles. The van der Waals surface area contributed by atoms with Gasteiger partial charge >= 0.3 is 6.09 Å². The second kappa shape index (κ2) is 4.48. The molecule has 2 saturated heterocycles. The molecule has 3 aliphatic rings. The van der Waals surface area contributed by atoms with Crippen LogP contribution in [-0.4, -0.2) is 52.2 Å². The van der Waals surface area contributed by atoms with E-state index in [-0.39, 0.29) is 6.04 Å². The Morgan fingerprint density at radius 3 is 2.60 bits per heavy atom. The smallest absolute Gasteiger partial charge is 0.407 e. The first kappa shape index (κ1) is 12.2. The van der Waals surface area contributed by atoms with E-state index < -0.39 is 6.09 Å². The van der Waals surface area contributed by atoms with Gasteiger partial charge in [0, 0.05) is 31.2 Å². The fourth-order valence-electron chi connectivity index (χ4n) is 4.34. The second-order valence-electron chi connectivity index (χ2n) is 6.34. The number of piperazine rings is 1. The summed E-state index contributed by atoms with van der Waals surface area (Å²) < 4.78 is 0. The van der Waals surface area contributed by atoms with Crippen LogP contribution in [0.5, 0.6) is 0 Å².